The van der Waals surface area contributed by atoms with Crippen LogP contribution in [-0.4, -0.2) is 16.2 Å². The first-order valence-electron chi connectivity index (χ1n) is 8.93. The first kappa shape index (κ1) is 16.3. The molecular weight excluding hydrogens is 352 g/mol. The van der Waals surface area contributed by atoms with Crippen molar-refractivity contribution in [2.75, 3.05) is 4.90 Å². The van der Waals surface area contributed by atoms with E-state index in [-0.39, 0.29) is 0 Å². The highest BCUT2D eigenvalue weighted by Crippen LogP contribution is 2.41. The Kier molecular flexibility index (Phi) is 3.72. The van der Waals surface area contributed by atoms with Crippen LogP contribution >= 0.6 is 0 Å². The molecule has 1 N–H and O–H groups in total. The van der Waals surface area contributed by atoms with Crippen LogP contribution in [-0.2, 0) is 6.61 Å². The summed E-state index contributed by atoms with van der Waals surface area (Å²) in [6.07, 6.45) is 2.50. The summed E-state index contributed by atoms with van der Waals surface area (Å²) in [4.78, 5) is 17.6. The number of pyridine rings is 1. The van der Waals surface area contributed by atoms with Gasteiger partial charge in [-0.1, -0.05) is 36.4 Å². The van der Waals surface area contributed by atoms with Crippen LogP contribution in [0.5, 0.6) is 5.75 Å². The van der Waals surface area contributed by atoms with E-state index in [2.05, 4.69) is 4.98 Å². The van der Waals surface area contributed by atoms with E-state index in [9.17, 15) is 9.90 Å². The summed E-state index contributed by atoms with van der Waals surface area (Å²) in [6, 6.07) is 20.9. The zero-order valence-corrected chi connectivity index (χ0v) is 14.9. The van der Waals surface area contributed by atoms with Gasteiger partial charge in [-0.3, -0.25) is 4.98 Å². The highest BCUT2D eigenvalue weighted by atomic mass is 16.5. The smallest absolute Gasteiger partial charge is 0.416 e. The molecule has 2 heterocycles. The fraction of sp³-hybridized carbons (Fsp3) is 0.0435. The second kappa shape index (κ2) is 6.39. The zero-order valence-electron chi connectivity index (χ0n) is 14.9. The third kappa shape index (κ3) is 2.56. The minimum absolute atomic E-state index is 0.418. The molecule has 0 fully saturated rings. The van der Waals surface area contributed by atoms with Gasteiger partial charge in [0.2, 0.25) is 0 Å². The highest BCUT2D eigenvalue weighted by Gasteiger charge is 2.23. The molecule has 1 amide bonds. The monoisotopic (exact) mass is 368 g/mol. The van der Waals surface area contributed by atoms with Gasteiger partial charge in [-0.15, -0.1) is 0 Å². The Hall–Kier alpha value is -3.86. The molecule has 3 aromatic carbocycles. The van der Waals surface area contributed by atoms with Crippen molar-refractivity contribution in [1.29, 1.82) is 0 Å². The number of rotatable bonds is 2. The highest BCUT2D eigenvalue weighted by molar-refractivity contribution is 6.05. The summed E-state index contributed by atoms with van der Waals surface area (Å²) in [6.45, 7) is 0.418. The third-order valence-corrected chi connectivity index (χ3v) is 5.00. The Morgan fingerprint density at radius 3 is 2.75 bits per heavy atom. The Bertz CT molecular complexity index is 1210. The number of benzene rings is 3. The number of aromatic nitrogens is 1. The molecule has 0 atom stereocenters. The third-order valence-electron chi connectivity index (χ3n) is 5.00. The number of carboxylic acid groups (broad SMARTS) is 1. The summed E-state index contributed by atoms with van der Waals surface area (Å²) in [7, 11) is 0. The van der Waals surface area contributed by atoms with Crippen LogP contribution in [0.15, 0.2) is 79.1 Å². The van der Waals surface area contributed by atoms with E-state index < -0.39 is 6.09 Å². The van der Waals surface area contributed by atoms with Crippen LogP contribution in [0.25, 0.3) is 21.9 Å². The van der Waals surface area contributed by atoms with Crippen LogP contribution in [0.1, 0.15) is 5.56 Å². The maximum absolute atomic E-state index is 12.2. The summed E-state index contributed by atoms with van der Waals surface area (Å²) in [5.74, 6) is 0.669. The van der Waals surface area contributed by atoms with Crippen LogP contribution in [0.3, 0.4) is 0 Å². The van der Waals surface area contributed by atoms with E-state index in [4.69, 9.17) is 4.74 Å². The van der Waals surface area contributed by atoms with E-state index >= 15 is 0 Å². The van der Waals surface area contributed by atoms with Crippen molar-refractivity contribution in [2.45, 2.75) is 6.61 Å². The van der Waals surface area contributed by atoms with Crippen LogP contribution in [0.4, 0.5) is 16.2 Å². The molecule has 0 aliphatic carbocycles. The number of anilines is 2. The molecule has 5 nitrogen and oxygen atoms in total. The fourth-order valence-electron chi connectivity index (χ4n) is 3.71. The van der Waals surface area contributed by atoms with E-state index in [1.165, 1.54) is 4.90 Å². The maximum atomic E-state index is 12.2. The second-order valence-electron chi connectivity index (χ2n) is 6.62. The number of hydrogen-bond donors (Lipinski definition) is 1. The molecule has 1 aliphatic rings. The number of fused-ring (bicyclic) bond motifs is 4. The lowest BCUT2D eigenvalue weighted by molar-refractivity contribution is 0.205. The Labute approximate surface area is 161 Å². The largest absolute Gasteiger partial charge is 0.488 e. The standard InChI is InChI=1S/C23H16N2O3/c26-23(27)25(21-7-3-5-15-4-1-2-6-19(15)21)17-8-9-20-18-10-11-24-13-16(18)14-28-22(20)12-17/h1-13H,14H2,(H,26,27). The fourth-order valence-corrected chi connectivity index (χ4v) is 3.71. The molecule has 0 saturated heterocycles. The number of amides is 1. The predicted molar refractivity (Wildman–Crippen MR) is 108 cm³/mol. The average molecular weight is 368 g/mol. The molecule has 0 unspecified atom stereocenters. The van der Waals surface area contributed by atoms with Crippen molar-refractivity contribution < 1.29 is 14.6 Å². The van der Waals surface area contributed by atoms with Crippen molar-refractivity contribution in [3.8, 4) is 16.9 Å². The van der Waals surface area contributed by atoms with Gasteiger partial charge >= 0.3 is 6.09 Å². The molecule has 0 saturated carbocycles. The van der Waals surface area contributed by atoms with Crippen molar-refractivity contribution >= 4 is 28.2 Å². The van der Waals surface area contributed by atoms with E-state index in [1.807, 2.05) is 60.7 Å². The molecule has 4 aromatic rings. The lowest BCUT2D eigenvalue weighted by atomic mass is 9.98. The maximum Gasteiger partial charge on any atom is 0.416 e. The lowest BCUT2D eigenvalue weighted by Gasteiger charge is -2.25. The van der Waals surface area contributed by atoms with E-state index in [0.29, 0.717) is 23.7 Å². The first-order chi connectivity index (χ1) is 13.7. The number of nitrogens with zero attached hydrogens (tertiary/aromatic N) is 2. The Morgan fingerprint density at radius 1 is 1.00 bits per heavy atom. The predicted octanol–water partition coefficient (Wildman–Crippen LogP) is 5.61. The molecule has 5 rings (SSSR count). The van der Waals surface area contributed by atoms with Crippen molar-refractivity contribution in [2.24, 2.45) is 0 Å². The molecule has 0 spiro atoms. The van der Waals surface area contributed by atoms with Gasteiger partial charge in [0.25, 0.3) is 0 Å². The number of ether oxygens (including phenoxy) is 1. The molecule has 5 heteroatoms. The van der Waals surface area contributed by atoms with Gasteiger partial charge in [0.1, 0.15) is 12.4 Å². The van der Waals surface area contributed by atoms with Crippen LogP contribution < -0.4 is 9.64 Å². The van der Waals surface area contributed by atoms with Gasteiger partial charge in [-0.05, 0) is 35.2 Å². The Morgan fingerprint density at radius 2 is 1.86 bits per heavy atom. The summed E-state index contributed by atoms with van der Waals surface area (Å²) in [5.41, 5.74) is 4.18. The van der Waals surface area contributed by atoms with Gasteiger partial charge in [0, 0.05) is 35.0 Å². The molecule has 1 aromatic heterocycles. The van der Waals surface area contributed by atoms with Crippen molar-refractivity contribution in [3.05, 3.63) is 84.7 Å². The van der Waals surface area contributed by atoms with Crippen molar-refractivity contribution in [1.82, 2.24) is 4.98 Å². The van der Waals surface area contributed by atoms with Gasteiger partial charge in [0.15, 0.2) is 0 Å². The second-order valence-corrected chi connectivity index (χ2v) is 6.62. The van der Waals surface area contributed by atoms with E-state index in [1.54, 1.807) is 18.5 Å². The van der Waals surface area contributed by atoms with Gasteiger partial charge in [0.05, 0.1) is 11.4 Å². The Balaban J connectivity index is 1.66. The summed E-state index contributed by atoms with van der Waals surface area (Å²) < 4.78 is 5.88. The van der Waals surface area contributed by atoms with Gasteiger partial charge < -0.3 is 9.84 Å². The van der Waals surface area contributed by atoms with Gasteiger partial charge in [-0.25, -0.2) is 9.69 Å². The number of carbonyl (C=O) groups is 1. The molecule has 1 aliphatic heterocycles. The first-order valence-corrected chi connectivity index (χ1v) is 8.93. The quantitative estimate of drug-likeness (QED) is 0.499. The average Bonchev–Trinajstić information content (AvgIpc) is 2.73. The molecule has 0 radical (unpaired) electrons. The number of hydrogen-bond acceptors (Lipinski definition) is 3. The zero-order chi connectivity index (χ0) is 19.1. The molecule has 28 heavy (non-hydrogen) atoms. The minimum atomic E-state index is -1.04. The van der Waals surface area contributed by atoms with Crippen LogP contribution in [0.2, 0.25) is 0 Å². The van der Waals surface area contributed by atoms with Crippen LogP contribution in [0, 0.1) is 0 Å². The normalized spacial score (nSPS) is 12.0. The van der Waals surface area contributed by atoms with Crippen molar-refractivity contribution in [3.63, 3.8) is 0 Å². The molecular formula is C23H16N2O3. The van der Waals surface area contributed by atoms with E-state index in [0.717, 1.165) is 27.5 Å². The SMILES string of the molecule is O=C(O)N(c1ccc2c(c1)OCc1cnccc1-2)c1cccc2ccccc12. The topological polar surface area (TPSA) is 62.7 Å². The summed E-state index contributed by atoms with van der Waals surface area (Å²) in [5, 5.41) is 11.8. The molecule has 0 bridgehead atoms. The van der Waals surface area contributed by atoms with Gasteiger partial charge in [-0.2, -0.15) is 0 Å². The molecule has 136 valence electrons. The summed E-state index contributed by atoms with van der Waals surface area (Å²) >= 11 is 0. The minimum Gasteiger partial charge on any atom is -0.488 e. The lowest BCUT2D eigenvalue weighted by Crippen LogP contribution is -2.24.